The zero-order valence-electron chi connectivity index (χ0n) is 10.0. The first kappa shape index (κ1) is 13.1. The van der Waals surface area contributed by atoms with Crippen molar-refractivity contribution in [1.82, 2.24) is 4.98 Å². The lowest BCUT2D eigenvalue weighted by Crippen LogP contribution is -2.12. The molecule has 0 amide bonds. The molecular formula is C11H14N2O4. The summed E-state index contributed by atoms with van der Waals surface area (Å²) in [6.07, 6.45) is -0.174. The Labute approximate surface area is 98.8 Å². The lowest BCUT2D eigenvalue weighted by molar-refractivity contribution is -0.386. The molecular weight excluding hydrogens is 224 g/mol. The van der Waals surface area contributed by atoms with Gasteiger partial charge in [0.2, 0.25) is 0 Å². The van der Waals surface area contributed by atoms with Gasteiger partial charge in [0, 0.05) is 11.3 Å². The molecule has 0 N–H and O–H groups in total. The van der Waals surface area contributed by atoms with E-state index in [9.17, 15) is 14.9 Å². The molecule has 6 heteroatoms. The van der Waals surface area contributed by atoms with Gasteiger partial charge in [-0.3, -0.25) is 19.9 Å². The van der Waals surface area contributed by atoms with Gasteiger partial charge in [-0.2, -0.15) is 0 Å². The Morgan fingerprint density at radius 3 is 2.71 bits per heavy atom. The summed E-state index contributed by atoms with van der Waals surface area (Å²) >= 11 is 0. The smallest absolute Gasteiger partial charge is 0.312 e. The Morgan fingerprint density at radius 1 is 1.53 bits per heavy atom. The molecule has 0 fully saturated rings. The number of hydrogen-bond donors (Lipinski definition) is 0. The fourth-order valence-electron chi connectivity index (χ4n) is 1.63. The van der Waals surface area contributed by atoms with Crippen LogP contribution in [0.4, 0.5) is 5.69 Å². The Morgan fingerprint density at radius 2 is 2.18 bits per heavy atom. The highest BCUT2D eigenvalue weighted by molar-refractivity contribution is 5.73. The van der Waals surface area contributed by atoms with E-state index < -0.39 is 10.9 Å². The molecule has 0 aliphatic carbocycles. The molecule has 0 aromatic carbocycles. The van der Waals surface area contributed by atoms with Crippen LogP contribution in [0.25, 0.3) is 0 Å². The highest BCUT2D eigenvalue weighted by Gasteiger charge is 2.22. The number of carbonyl (C=O) groups excluding carboxylic acids is 1. The van der Waals surface area contributed by atoms with Gasteiger partial charge in [0.1, 0.15) is 5.69 Å². The third-order valence-electron chi connectivity index (χ3n) is 2.18. The van der Waals surface area contributed by atoms with Crippen LogP contribution >= 0.6 is 0 Å². The van der Waals surface area contributed by atoms with Crippen LogP contribution in [0.2, 0.25) is 0 Å². The van der Waals surface area contributed by atoms with Crippen molar-refractivity contribution >= 4 is 11.7 Å². The first-order valence-electron chi connectivity index (χ1n) is 5.22. The van der Waals surface area contributed by atoms with Crippen molar-refractivity contribution < 1.29 is 14.5 Å². The van der Waals surface area contributed by atoms with Crippen LogP contribution in [-0.4, -0.2) is 22.5 Å². The predicted molar refractivity (Wildman–Crippen MR) is 60.7 cm³/mol. The van der Waals surface area contributed by atoms with Crippen LogP contribution in [0.3, 0.4) is 0 Å². The van der Waals surface area contributed by atoms with E-state index in [1.54, 1.807) is 26.8 Å². The van der Waals surface area contributed by atoms with Gasteiger partial charge in [-0.05, 0) is 26.8 Å². The number of pyridine rings is 1. The van der Waals surface area contributed by atoms with Gasteiger partial charge in [0.05, 0.1) is 18.0 Å². The molecule has 0 aliphatic rings. The molecule has 0 unspecified atom stereocenters. The van der Waals surface area contributed by atoms with Crippen molar-refractivity contribution in [1.29, 1.82) is 0 Å². The van der Waals surface area contributed by atoms with Gasteiger partial charge in [0.15, 0.2) is 0 Å². The Bertz CT molecular complexity index is 457. The first-order chi connectivity index (χ1) is 7.95. The third kappa shape index (κ3) is 3.24. The third-order valence-corrected chi connectivity index (χ3v) is 2.18. The van der Waals surface area contributed by atoms with Crippen LogP contribution in [0.1, 0.15) is 23.9 Å². The normalized spacial score (nSPS) is 10.1. The first-order valence-corrected chi connectivity index (χ1v) is 5.22. The lowest BCUT2D eigenvalue weighted by Gasteiger charge is -2.06. The van der Waals surface area contributed by atoms with E-state index in [0.29, 0.717) is 11.3 Å². The molecule has 92 valence electrons. The molecule has 0 atom stereocenters. The molecule has 1 rings (SSSR count). The number of rotatable bonds is 4. The van der Waals surface area contributed by atoms with E-state index in [2.05, 4.69) is 4.98 Å². The number of hydrogen-bond acceptors (Lipinski definition) is 5. The van der Waals surface area contributed by atoms with Gasteiger partial charge < -0.3 is 4.74 Å². The summed E-state index contributed by atoms with van der Waals surface area (Å²) in [6.45, 7) is 5.28. The highest BCUT2D eigenvalue weighted by atomic mass is 16.6. The molecule has 17 heavy (non-hydrogen) atoms. The van der Waals surface area contributed by atoms with Gasteiger partial charge in [0.25, 0.3) is 5.69 Å². The van der Waals surface area contributed by atoms with E-state index in [1.807, 2.05) is 0 Å². The fourth-order valence-corrected chi connectivity index (χ4v) is 1.63. The molecule has 0 spiro atoms. The SMILES string of the molecule is CCOC(=O)Cc1nc(C)cc(C)c1[N+](=O)[O-]. The predicted octanol–water partition coefficient (Wildman–Crippen LogP) is 1.71. The van der Waals surface area contributed by atoms with E-state index in [-0.39, 0.29) is 24.4 Å². The number of nitrogens with zero attached hydrogens (tertiary/aromatic N) is 2. The van der Waals surface area contributed by atoms with Crippen LogP contribution in [0.15, 0.2) is 6.07 Å². The minimum Gasteiger partial charge on any atom is -0.466 e. The maximum Gasteiger partial charge on any atom is 0.312 e. The van der Waals surface area contributed by atoms with Crippen molar-refractivity contribution in [3.8, 4) is 0 Å². The highest BCUT2D eigenvalue weighted by Crippen LogP contribution is 2.23. The Kier molecular flexibility index (Phi) is 4.14. The summed E-state index contributed by atoms with van der Waals surface area (Å²) in [7, 11) is 0. The average molecular weight is 238 g/mol. The van der Waals surface area contributed by atoms with E-state index >= 15 is 0 Å². The van der Waals surface area contributed by atoms with Crippen molar-refractivity contribution in [2.45, 2.75) is 27.2 Å². The number of carbonyl (C=O) groups is 1. The average Bonchev–Trinajstić information content (AvgIpc) is 2.15. The van der Waals surface area contributed by atoms with Crippen LogP contribution < -0.4 is 0 Å². The molecule has 1 aromatic heterocycles. The van der Waals surface area contributed by atoms with E-state index in [0.717, 1.165) is 0 Å². The number of nitro groups is 1. The maximum atomic E-state index is 11.3. The fraction of sp³-hybridized carbons (Fsp3) is 0.455. The van der Waals surface area contributed by atoms with Gasteiger partial charge in [-0.25, -0.2) is 0 Å². The minimum atomic E-state index is -0.518. The largest absolute Gasteiger partial charge is 0.466 e. The Hall–Kier alpha value is -1.98. The molecule has 0 bridgehead atoms. The molecule has 0 saturated heterocycles. The van der Waals surface area contributed by atoms with Crippen molar-refractivity contribution in [2.75, 3.05) is 6.61 Å². The summed E-state index contributed by atoms with van der Waals surface area (Å²) < 4.78 is 4.76. The summed E-state index contributed by atoms with van der Waals surface area (Å²) in [4.78, 5) is 25.7. The molecule has 0 saturated carbocycles. The molecule has 0 radical (unpaired) electrons. The topological polar surface area (TPSA) is 82.3 Å². The summed E-state index contributed by atoms with van der Waals surface area (Å²) in [6, 6.07) is 1.62. The summed E-state index contributed by atoms with van der Waals surface area (Å²) in [5.74, 6) is -0.506. The summed E-state index contributed by atoms with van der Waals surface area (Å²) in [5, 5.41) is 10.9. The van der Waals surface area contributed by atoms with Crippen molar-refractivity contribution in [2.24, 2.45) is 0 Å². The maximum absolute atomic E-state index is 11.3. The lowest BCUT2D eigenvalue weighted by atomic mass is 10.1. The van der Waals surface area contributed by atoms with Crippen LogP contribution in [0, 0.1) is 24.0 Å². The molecule has 1 heterocycles. The molecule has 1 aromatic rings. The van der Waals surface area contributed by atoms with Crippen molar-refractivity contribution in [3.05, 3.63) is 33.1 Å². The van der Waals surface area contributed by atoms with Crippen LogP contribution in [0.5, 0.6) is 0 Å². The van der Waals surface area contributed by atoms with Crippen LogP contribution in [-0.2, 0) is 16.0 Å². The minimum absolute atomic E-state index is 0.108. The Balaban J connectivity index is 3.12. The van der Waals surface area contributed by atoms with E-state index in [1.165, 1.54) is 0 Å². The molecule has 0 aliphatic heterocycles. The second kappa shape index (κ2) is 5.38. The number of aryl methyl sites for hydroxylation is 2. The van der Waals surface area contributed by atoms with Gasteiger partial charge >= 0.3 is 5.97 Å². The standard InChI is InChI=1S/C11H14N2O4/c1-4-17-10(14)6-9-11(13(15)16)7(2)5-8(3)12-9/h5H,4,6H2,1-3H3. The number of ether oxygens (including phenoxy) is 1. The number of esters is 1. The summed E-state index contributed by atoms with van der Waals surface area (Å²) in [5.41, 5.74) is 1.20. The second-order valence-corrected chi connectivity index (χ2v) is 3.61. The van der Waals surface area contributed by atoms with Crippen molar-refractivity contribution in [3.63, 3.8) is 0 Å². The van der Waals surface area contributed by atoms with E-state index in [4.69, 9.17) is 4.74 Å². The van der Waals surface area contributed by atoms with Gasteiger partial charge in [-0.15, -0.1) is 0 Å². The zero-order valence-corrected chi connectivity index (χ0v) is 10.0. The van der Waals surface area contributed by atoms with Gasteiger partial charge in [-0.1, -0.05) is 0 Å². The monoisotopic (exact) mass is 238 g/mol. The quantitative estimate of drug-likeness (QED) is 0.453. The zero-order chi connectivity index (χ0) is 13.0. The number of aromatic nitrogens is 1. The second-order valence-electron chi connectivity index (χ2n) is 3.61. The molecule has 6 nitrogen and oxygen atoms in total.